The maximum atomic E-state index is 15.0. The van der Waals surface area contributed by atoms with E-state index in [0.29, 0.717) is 40.5 Å². The minimum atomic E-state index is -1.39. The summed E-state index contributed by atoms with van der Waals surface area (Å²) in [4.78, 5) is 46.3. The fraction of sp³-hybridized carbons (Fsp3) is 0.216. The molecular weight excluding hydrogens is 552 g/mol. The fourth-order valence-electron chi connectivity index (χ4n) is 7.29. The van der Waals surface area contributed by atoms with Gasteiger partial charge in [-0.2, -0.15) is 0 Å². The number of rotatable bonds is 8. The van der Waals surface area contributed by atoms with Crippen LogP contribution in [-0.2, 0) is 10.2 Å². The summed E-state index contributed by atoms with van der Waals surface area (Å²) in [5.74, 6) is -0.859. The molecule has 7 rings (SSSR count). The maximum Gasteiger partial charge on any atom is 0.238 e. The van der Waals surface area contributed by atoms with Crippen LogP contribution in [0.15, 0.2) is 103 Å². The van der Waals surface area contributed by atoms with E-state index in [9.17, 15) is 14.4 Å². The van der Waals surface area contributed by atoms with Crippen molar-refractivity contribution < 1.29 is 23.9 Å². The molecule has 0 aromatic heterocycles. The highest BCUT2D eigenvalue weighted by Crippen LogP contribution is 2.62. The molecule has 1 spiro atoms. The molecule has 3 aliphatic rings. The number of ether oxygens (including phenoxy) is 2. The molecule has 7 heteroatoms. The van der Waals surface area contributed by atoms with Gasteiger partial charge in [0.15, 0.2) is 11.6 Å². The molecule has 0 saturated carbocycles. The van der Waals surface area contributed by atoms with Crippen molar-refractivity contribution in [2.24, 2.45) is 5.92 Å². The number of ketones is 2. The van der Waals surface area contributed by atoms with E-state index < -0.39 is 23.4 Å². The van der Waals surface area contributed by atoms with E-state index in [1.165, 1.54) is 7.11 Å². The van der Waals surface area contributed by atoms with Crippen molar-refractivity contribution in [3.63, 3.8) is 0 Å². The highest BCUT2D eigenvalue weighted by atomic mass is 16.5. The van der Waals surface area contributed by atoms with Crippen molar-refractivity contribution in [1.29, 1.82) is 0 Å². The Morgan fingerprint density at radius 3 is 2.41 bits per heavy atom. The Labute approximate surface area is 256 Å². The minimum Gasteiger partial charge on any atom is -0.496 e. The molecule has 4 aromatic carbocycles. The molecule has 1 saturated heterocycles. The summed E-state index contributed by atoms with van der Waals surface area (Å²) in [5, 5.41) is 3.09. The van der Waals surface area contributed by atoms with Gasteiger partial charge in [0, 0.05) is 17.5 Å². The van der Waals surface area contributed by atoms with Crippen LogP contribution in [0.2, 0.25) is 0 Å². The number of methoxy groups -OCH3 is 1. The molecule has 4 atom stereocenters. The van der Waals surface area contributed by atoms with E-state index in [1.807, 2.05) is 72.6 Å². The summed E-state index contributed by atoms with van der Waals surface area (Å²) in [6.45, 7) is 2.59. The van der Waals surface area contributed by atoms with Gasteiger partial charge in [-0.1, -0.05) is 61.5 Å². The lowest BCUT2D eigenvalue weighted by Crippen LogP contribution is -2.49. The van der Waals surface area contributed by atoms with Gasteiger partial charge in [0.2, 0.25) is 5.91 Å². The number of hydrogen-bond donors (Lipinski definition) is 1. The Morgan fingerprint density at radius 2 is 1.61 bits per heavy atom. The second kappa shape index (κ2) is 10.8. The van der Waals surface area contributed by atoms with Gasteiger partial charge in [-0.15, -0.1) is 0 Å². The second-order valence-corrected chi connectivity index (χ2v) is 11.4. The topological polar surface area (TPSA) is 84.9 Å². The van der Waals surface area contributed by atoms with Crippen LogP contribution in [0.1, 0.15) is 56.8 Å². The lowest BCUT2D eigenvalue weighted by Gasteiger charge is -2.38. The molecule has 0 radical (unpaired) electrons. The Kier molecular flexibility index (Phi) is 6.81. The van der Waals surface area contributed by atoms with Crippen molar-refractivity contribution in [3.8, 4) is 11.5 Å². The van der Waals surface area contributed by atoms with Crippen LogP contribution < -0.4 is 14.8 Å². The molecule has 3 heterocycles. The SMILES string of the molecule is CCCOc1ccc(C(=O)[C@@H]2[C@H](C(=O)c3ccccc3OC)N3C=Cc4ccccc4[C@@H]3[C@@]23C(=O)Nc2ccccc23)cc1. The Balaban J connectivity index is 1.48. The Morgan fingerprint density at radius 1 is 0.886 bits per heavy atom. The summed E-state index contributed by atoms with van der Waals surface area (Å²) in [7, 11) is 1.52. The van der Waals surface area contributed by atoms with E-state index in [4.69, 9.17) is 9.47 Å². The number of Topliss-reactive ketones (excluding diaryl/α,β-unsaturated/α-hetero) is 2. The van der Waals surface area contributed by atoms with Gasteiger partial charge in [0.05, 0.1) is 31.2 Å². The third kappa shape index (κ3) is 3.99. The normalized spacial score (nSPS) is 22.6. The van der Waals surface area contributed by atoms with Gasteiger partial charge in [-0.25, -0.2) is 0 Å². The fourth-order valence-corrected chi connectivity index (χ4v) is 7.29. The first-order chi connectivity index (χ1) is 21.5. The highest BCUT2D eigenvalue weighted by molar-refractivity contribution is 6.17. The molecule has 44 heavy (non-hydrogen) atoms. The van der Waals surface area contributed by atoms with Gasteiger partial charge in [-0.3, -0.25) is 14.4 Å². The van der Waals surface area contributed by atoms with Crippen molar-refractivity contribution in [3.05, 3.63) is 131 Å². The lowest BCUT2D eigenvalue weighted by molar-refractivity contribution is -0.122. The van der Waals surface area contributed by atoms with Crippen LogP contribution in [0.4, 0.5) is 5.69 Å². The number of fused-ring (bicyclic) bond motifs is 6. The molecule has 0 aliphatic carbocycles. The molecule has 0 bridgehead atoms. The Hall–Kier alpha value is -5.17. The molecular formula is C37H32N2O5. The quantitative estimate of drug-likeness (QED) is 0.239. The van der Waals surface area contributed by atoms with E-state index >= 15 is 0 Å². The van der Waals surface area contributed by atoms with Crippen molar-refractivity contribution in [2.75, 3.05) is 19.0 Å². The predicted molar refractivity (Wildman–Crippen MR) is 168 cm³/mol. The molecule has 1 N–H and O–H groups in total. The number of amides is 1. The van der Waals surface area contributed by atoms with Crippen LogP contribution in [0.3, 0.4) is 0 Å². The van der Waals surface area contributed by atoms with Crippen LogP contribution in [0, 0.1) is 5.92 Å². The number of carbonyl (C=O) groups excluding carboxylic acids is 3. The summed E-state index contributed by atoms with van der Waals surface area (Å²) in [6, 6.07) is 27.8. The second-order valence-electron chi connectivity index (χ2n) is 11.4. The van der Waals surface area contributed by atoms with E-state index in [2.05, 4.69) is 5.32 Å². The number of anilines is 1. The zero-order valence-corrected chi connectivity index (χ0v) is 24.5. The van der Waals surface area contributed by atoms with E-state index in [1.54, 1.807) is 48.5 Å². The number of para-hydroxylation sites is 2. The van der Waals surface area contributed by atoms with Crippen LogP contribution in [0.25, 0.3) is 6.08 Å². The first-order valence-corrected chi connectivity index (χ1v) is 14.9. The molecule has 7 nitrogen and oxygen atoms in total. The van der Waals surface area contributed by atoms with E-state index in [0.717, 1.165) is 17.5 Å². The smallest absolute Gasteiger partial charge is 0.238 e. The third-order valence-electron chi connectivity index (χ3n) is 9.11. The first kappa shape index (κ1) is 27.7. The number of hydrogen-bond acceptors (Lipinski definition) is 6. The predicted octanol–water partition coefficient (Wildman–Crippen LogP) is 6.47. The summed E-state index contributed by atoms with van der Waals surface area (Å²) in [6.07, 6.45) is 4.68. The van der Waals surface area contributed by atoms with Crippen molar-refractivity contribution >= 4 is 29.2 Å². The molecule has 3 aliphatic heterocycles. The molecule has 1 amide bonds. The van der Waals surface area contributed by atoms with Gasteiger partial charge in [0.1, 0.15) is 23.0 Å². The van der Waals surface area contributed by atoms with E-state index in [-0.39, 0.29) is 17.5 Å². The summed E-state index contributed by atoms with van der Waals surface area (Å²) in [5.41, 5.74) is 2.56. The van der Waals surface area contributed by atoms with Crippen LogP contribution >= 0.6 is 0 Å². The summed E-state index contributed by atoms with van der Waals surface area (Å²) < 4.78 is 11.4. The van der Waals surface area contributed by atoms with Gasteiger partial charge in [-0.05, 0) is 71.7 Å². The average Bonchev–Trinajstić information content (AvgIpc) is 3.55. The van der Waals surface area contributed by atoms with Crippen molar-refractivity contribution in [1.82, 2.24) is 4.90 Å². The Bertz CT molecular complexity index is 1810. The maximum absolute atomic E-state index is 15.0. The number of carbonyl (C=O) groups is 3. The van der Waals surface area contributed by atoms with Crippen LogP contribution in [-0.4, -0.2) is 42.1 Å². The first-order valence-electron chi connectivity index (χ1n) is 14.9. The third-order valence-corrected chi connectivity index (χ3v) is 9.11. The van der Waals surface area contributed by atoms with Gasteiger partial charge < -0.3 is 19.7 Å². The molecule has 1 fully saturated rings. The van der Waals surface area contributed by atoms with Crippen LogP contribution in [0.5, 0.6) is 11.5 Å². The number of nitrogens with one attached hydrogen (secondary N) is 1. The summed E-state index contributed by atoms with van der Waals surface area (Å²) >= 11 is 0. The zero-order valence-electron chi connectivity index (χ0n) is 24.5. The average molecular weight is 585 g/mol. The number of benzene rings is 4. The molecule has 220 valence electrons. The monoisotopic (exact) mass is 584 g/mol. The van der Waals surface area contributed by atoms with Gasteiger partial charge in [0.25, 0.3) is 0 Å². The van der Waals surface area contributed by atoms with Crippen molar-refractivity contribution in [2.45, 2.75) is 30.8 Å². The lowest BCUT2D eigenvalue weighted by atomic mass is 9.62. The molecule has 0 unspecified atom stereocenters. The minimum absolute atomic E-state index is 0.285. The zero-order chi connectivity index (χ0) is 30.4. The van der Waals surface area contributed by atoms with Gasteiger partial charge >= 0.3 is 0 Å². The standard InChI is InChI=1S/C37H32N2O5/c1-3-22-44-25-18-16-24(17-19-25)33(40)31-32(34(41)27-12-6-9-15-30(27)43-2)39-21-20-23-10-4-5-11-26(23)35(39)37(31)28-13-7-8-14-29(28)38-36(37)42/h4-21,31-32,35H,3,22H2,1-2H3,(H,38,42)/t31-,32+,35+,37-/m0/s1. The largest absolute Gasteiger partial charge is 0.496 e. The molecule has 4 aromatic rings. The number of nitrogens with zero attached hydrogens (tertiary/aromatic N) is 1. The highest BCUT2D eigenvalue weighted by Gasteiger charge is 2.70.